The van der Waals surface area contributed by atoms with Crippen LogP contribution in [0.4, 0.5) is 8.78 Å². The molecule has 3 rings (SSSR count). The van der Waals surface area contributed by atoms with Gasteiger partial charge in [-0.05, 0) is 19.1 Å². The zero-order valence-corrected chi connectivity index (χ0v) is 12.0. The van der Waals surface area contributed by atoms with Crippen LogP contribution in [0, 0.1) is 6.92 Å². The highest BCUT2D eigenvalue weighted by molar-refractivity contribution is 7.98. The SMILES string of the molecule is Cc1nc2ccccc2nc1SCc1nccn1C(F)F. The Balaban J connectivity index is 1.85. The van der Waals surface area contributed by atoms with Crippen molar-refractivity contribution in [3.05, 3.63) is 48.2 Å². The molecule has 2 aromatic heterocycles. The second kappa shape index (κ2) is 5.77. The summed E-state index contributed by atoms with van der Waals surface area (Å²) in [6.07, 6.45) is 2.65. The molecule has 0 N–H and O–H groups in total. The van der Waals surface area contributed by atoms with Crippen molar-refractivity contribution in [3.63, 3.8) is 0 Å². The first-order chi connectivity index (χ1) is 10.1. The van der Waals surface area contributed by atoms with Crippen LogP contribution in [0.2, 0.25) is 0 Å². The Morgan fingerprint density at radius 1 is 1.19 bits per heavy atom. The third kappa shape index (κ3) is 2.87. The van der Waals surface area contributed by atoms with Crippen molar-refractivity contribution >= 4 is 22.8 Å². The number of thioether (sulfide) groups is 1. The minimum atomic E-state index is -2.58. The number of alkyl halides is 2. The molecule has 21 heavy (non-hydrogen) atoms. The van der Waals surface area contributed by atoms with Gasteiger partial charge in [-0.2, -0.15) is 8.78 Å². The van der Waals surface area contributed by atoms with E-state index in [9.17, 15) is 8.78 Å². The molecule has 0 bridgehead atoms. The van der Waals surface area contributed by atoms with Crippen LogP contribution in [0.15, 0.2) is 41.7 Å². The van der Waals surface area contributed by atoms with E-state index in [0.717, 1.165) is 26.3 Å². The van der Waals surface area contributed by atoms with Crippen LogP contribution in [0.3, 0.4) is 0 Å². The molecule has 0 saturated heterocycles. The van der Waals surface area contributed by atoms with Crippen LogP contribution in [-0.2, 0) is 5.75 Å². The molecule has 2 heterocycles. The lowest BCUT2D eigenvalue weighted by Crippen LogP contribution is -2.02. The molecule has 3 aromatic rings. The summed E-state index contributed by atoms with van der Waals surface area (Å²) in [6, 6.07) is 7.58. The summed E-state index contributed by atoms with van der Waals surface area (Å²) < 4.78 is 26.4. The molecular formula is C14H12F2N4S. The molecule has 0 aliphatic heterocycles. The lowest BCUT2D eigenvalue weighted by molar-refractivity contribution is 0.0678. The normalized spacial score (nSPS) is 11.4. The largest absolute Gasteiger partial charge is 0.319 e. The predicted octanol–water partition coefficient (Wildman–Crippen LogP) is 3.82. The van der Waals surface area contributed by atoms with E-state index in [4.69, 9.17) is 0 Å². The fourth-order valence-electron chi connectivity index (χ4n) is 1.98. The zero-order valence-electron chi connectivity index (χ0n) is 11.2. The van der Waals surface area contributed by atoms with E-state index < -0.39 is 6.55 Å². The van der Waals surface area contributed by atoms with Gasteiger partial charge in [-0.15, -0.1) is 0 Å². The lowest BCUT2D eigenvalue weighted by atomic mass is 10.3. The molecule has 1 aromatic carbocycles. The fourth-order valence-corrected chi connectivity index (χ4v) is 2.88. The molecule has 0 unspecified atom stereocenters. The number of rotatable bonds is 4. The molecule has 0 spiro atoms. The van der Waals surface area contributed by atoms with Gasteiger partial charge in [-0.25, -0.2) is 15.0 Å². The number of nitrogens with zero attached hydrogens (tertiary/aromatic N) is 4. The van der Waals surface area contributed by atoms with Crippen molar-refractivity contribution in [2.45, 2.75) is 24.3 Å². The highest BCUT2D eigenvalue weighted by Crippen LogP contribution is 2.26. The summed E-state index contributed by atoms with van der Waals surface area (Å²) >= 11 is 1.36. The van der Waals surface area contributed by atoms with Gasteiger partial charge in [0.1, 0.15) is 10.9 Å². The molecule has 0 amide bonds. The van der Waals surface area contributed by atoms with Gasteiger partial charge in [-0.1, -0.05) is 23.9 Å². The maximum Gasteiger partial charge on any atom is 0.319 e. The van der Waals surface area contributed by atoms with Gasteiger partial charge in [-0.3, -0.25) is 4.57 Å². The van der Waals surface area contributed by atoms with Gasteiger partial charge < -0.3 is 0 Å². The minimum absolute atomic E-state index is 0.323. The van der Waals surface area contributed by atoms with E-state index >= 15 is 0 Å². The molecule has 0 fully saturated rings. The number of imidazole rings is 1. The smallest absolute Gasteiger partial charge is 0.277 e. The Morgan fingerprint density at radius 2 is 1.90 bits per heavy atom. The number of halogens is 2. The number of hydrogen-bond donors (Lipinski definition) is 0. The number of aryl methyl sites for hydroxylation is 1. The van der Waals surface area contributed by atoms with Gasteiger partial charge in [0.15, 0.2) is 0 Å². The Hall–Kier alpha value is -2.02. The maximum atomic E-state index is 12.8. The quantitative estimate of drug-likeness (QED) is 0.687. The first kappa shape index (κ1) is 13.9. The monoisotopic (exact) mass is 306 g/mol. The van der Waals surface area contributed by atoms with Gasteiger partial charge in [0.05, 0.1) is 22.5 Å². The van der Waals surface area contributed by atoms with Crippen molar-refractivity contribution in [2.75, 3.05) is 0 Å². The summed E-state index contributed by atoms with van der Waals surface area (Å²) in [5.41, 5.74) is 2.41. The molecule has 7 heteroatoms. The third-order valence-corrected chi connectivity index (χ3v) is 4.06. The number of para-hydroxylation sites is 2. The molecule has 0 atom stereocenters. The third-order valence-electron chi connectivity index (χ3n) is 3.00. The number of fused-ring (bicyclic) bond motifs is 1. The van der Waals surface area contributed by atoms with Crippen LogP contribution in [0.5, 0.6) is 0 Å². The molecular weight excluding hydrogens is 294 g/mol. The standard InChI is InChI=1S/C14H12F2N4S/c1-9-13(19-11-5-3-2-4-10(11)18-9)21-8-12-17-6-7-20(12)14(15)16/h2-7,14H,8H2,1H3. The summed E-state index contributed by atoms with van der Waals surface area (Å²) in [5.74, 6) is 0.648. The average molecular weight is 306 g/mol. The Kier molecular flexibility index (Phi) is 3.83. The highest BCUT2D eigenvalue weighted by atomic mass is 32.2. The number of benzene rings is 1. The number of aromatic nitrogens is 4. The van der Waals surface area contributed by atoms with Crippen molar-refractivity contribution < 1.29 is 8.78 Å². The van der Waals surface area contributed by atoms with E-state index in [1.807, 2.05) is 31.2 Å². The van der Waals surface area contributed by atoms with Crippen molar-refractivity contribution in [2.24, 2.45) is 0 Å². The molecule has 4 nitrogen and oxygen atoms in total. The van der Waals surface area contributed by atoms with E-state index in [-0.39, 0.29) is 0 Å². The number of hydrogen-bond acceptors (Lipinski definition) is 4. The van der Waals surface area contributed by atoms with Gasteiger partial charge in [0, 0.05) is 12.4 Å². The van der Waals surface area contributed by atoms with E-state index in [1.54, 1.807) is 0 Å². The van der Waals surface area contributed by atoms with Gasteiger partial charge in [0.2, 0.25) is 0 Å². The van der Waals surface area contributed by atoms with E-state index in [1.165, 1.54) is 24.2 Å². The maximum absolute atomic E-state index is 12.8. The highest BCUT2D eigenvalue weighted by Gasteiger charge is 2.13. The molecule has 0 aliphatic carbocycles. The summed E-state index contributed by atoms with van der Waals surface area (Å²) in [5, 5.41) is 0.734. The average Bonchev–Trinajstić information content (AvgIpc) is 2.93. The van der Waals surface area contributed by atoms with Crippen molar-refractivity contribution in [1.29, 1.82) is 0 Å². The topological polar surface area (TPSA) is 43.6 Å². The van der Waals surface area contributed by atoms with Crippen LogP contribution < -0.4 is 0 Å². The first-order valence-corrected chi connectivity index (χ1v) is 7.30. The van der Waals surface area contributed by atoms with Crippen LogP contribution in [-0.4, -0.2) is 19.5 Å². The molecule has 0 aliphatic rings. The minimum Gasteiger partial charge on any atom is -0.277 e. The molecule has 0 radical (unpaired) electrons. The fraction of sp³-hybridized carbons (Fsp3) is 0.214. The lowest BCUT2D eigenvalue weighted by Gasteiger charge is -2.08. The molecule has 108 valence electrons. The van der Waals surface area contributed by atoms with Crippen LogP contribution >= 0.6 is 11.8 Å². The van der Waals surface area contributed by atoms with E-state index in [0.29, 0.717) is 11.6 Å². The summed E-state index contributed by atoms with van der Waals surface area (Å²) in [7, 11) is 0. The zero-order chi connectivity index (χ0) is 14.8. The molecule has 0 saturated carbocycles. The van der Waals surface area contributed by atoms with Crippen molar-refractivity contribution in [1.82, 2.24) is 19.5 Å². The van der Waals surface area contributed by atoms with E-state index in [2.05, 4.69) is 15.0 Å². The Morgan fingerprint density at radius 3 is 2.62 bits per heavy atom. The van der Waals surface area contributed by atoms with Gasteiger partial charge >= 0.3 is 6.55 Å². The summed E-state index contributed by atoms with van der Waals surface area (Å²) in [4.78, 5) is 13.0. The van der Waals surface area contributed by atoms with Gasteiger partial charge in [0.25, 0.3) is 0 Å². The Bertz CT molecular complexity index is 773. The van der Waals surface area contributed by atoms with Crippen LogP contribution in [0.1, 0.15) is 18.1 Å². The first-order valence-electron chi connectivity index (χ1n) is 6.31. The van der Waals surface area contributed by atoms with Crippen LogP contribution in [0.25, 0.3) is 11.0 Å². The summed E-state index contributed by atoms with van der Waals surface area (Å²) in [6.45, 7) is -0.714. The van der Waals surface area contributed by atoms with Crippen molar-refractivity contribution in [3.8, 4) is 0 Å². The Labute approximate surface area is 124 Å². The second-order valence-electron chi connectivity index (χ2n) is 4.42. The second-order valence-corrected chi connectivity index (χ2v) is 5.38. The predicted molar refractivity (Wildman–Crippen MR) is 77.3 cm³/mol.